The number of rotatable bonds is 5. The Labute approximate surface area is 115 Å². The summed E-state index contributed by atoms with van der Waals surface area (Å²) in [4.78, 5) is 16.1. The number of likely N-dealkylation sites (N-methyl/N-ethyl adjacent to an activating group) is 1. The molecule has 1 N–H and O–H groups in total. The topological polar surface area (TPSA) is 32.3 Å². The lowest BCUT2D eigenvalue weighted by Crippen LogP contribution is -2.42. The molecule has 0 bridgehead atoms. The van der Waals surface area contributed by atoms with Gasteiger partial charge in [-0.15, -0.1) is 11.3 Å². The van der Waals surface area contributed by atoms with Gasteiger partial charge in [0.15, 0.2) is 0 Å². The summed E-state index contributed by atoms with van der Waals surface area (Å²) in [5.74, 6) is 0.139. The summed E-state index contributed by atoms with van der Waals surface area (Å²) in [6, 6.07) is 1.97. The maximum absolute atomic E-state index is 11.8. The Morgan fingerprint density at radius 3 is 2.76 bits per heavy atom. The minimum Gasteiger partial charge on any atom is -0.345 e. The third-order valence-electron chi connectivity index (χ3n) is 2.71. The molecule has 1 aromatic rings. The number of thiophene rings is 1. The highest BCUT2D eigenvalue weighted by Crippen LogP contribution is 2.26. The van der Waals surface area contributed by atoms with E-state index in [1.165, 1.54) is 9.75 Å². The Kier molecular flexibility index (Phi) is 5.62. The predicted octanol–water partition coefficient (Wildman–Crippen LogP) is 2.78. The van der Waals surface area contributed by atoms with Gasteiger partial charge in [0, 0.05) is 34.4 Å². The van der Waals surface area contributed by atoms with E-state index < -0.39 is 0 Å². The lowest BCUT2D eigenvalue weighted by atomic mass is 10.3. The number of amides is 1. The van der Waals surface area contributed by atoms with E-state index in [0.29, 0.717) is 0 Å². The van der Waals surface area contributed by atoms with Gasteiger partial charge >= 0.3 is 0 Å². The number of halogens is 1. The van der Waals surface area contributed by atoms with E-state index in [0.717, 1.165) is 17.6 Å². The second-order valence-corrected chi connectivity index (χ2v) is 6.27. The SMILES string of the molecule is CCN(C)C(=O)C(C)NCc1cc(Br)c(C)s1. The van der Waals surface area contributed by atoms with Crippen LogP contribution in [0.3, 0.4) is 0 Å². The van der Waals surface area contributed by atoms with Crippen LogP contribution in [0, 0.1) is 6.92 Å². The van der Waals surface area contributed by atoms with Crippen molar-refractivity contribution >= 4 is 33.2 Å². The van der Waals surface area contributed by atoms with Crippen molar-refractivity contribution in [2.45, 2.75) is 33.4 Å². The van der Waals surface area contributed by atoms with Crippen LogP contribution in [0.25, 0.3) is 0 Å². The molecule has 1 heterocycles. The van der Waals surface area contributed by atoms with E-state index in [2.05, 4.69) is 34.2 Å². The van der Waals surface area contributed by atoms with Gasteiger partial charge in [-0.25, -0.2) is 0 Å². The Bertz CT molecular complexity index is 372. The van der Waals surface area contributed by atoms with Crippen molar-refractivity contribution < 1.29 is 4.79 Å². The second-order valence-electron chi connectivity index (χ2n) is 4.07. The van der Waals surface area contributed by atoms with E-state index in [9.17, 15) is 4.79 Å². The highest BCUT2D eigenvalue weighted by molar-refractivity contribution is 9.10. The van der Waals surface area contributed by atoms with Gasteiger partial charge in [-0.05, 0) is 42.8 Å². The summed E-state index contributed by atoms with van der Waals surface area (Å²) in [7, 11) is 1.83. The molecule has 5 heteroatoms. The molecular formula is C12H19BrN2OS. The lowest BCUT2D eigenvalue weighted by Gasteiger charge is -2.20. The summed E-state index contributed by atoms with van der Waals surface area (Å²) in [5.41, 5.74) is 0. The molecule has 0 aliphatic carbocycles. The minimum absolute atomic E-state index is 0.138. The van der Waals surface area contributed by atoms with Crippen LogP contribution in [0.5, 0.6) is 0 Å². The van der Waals surface area contributed by atoms with Crippen molar-refractivity contribution in [3.05, 3.63) is 20.3 Å². The summed E-state index contributed by atoms with van der Waals surface area (Å²) in [6.07, 6.45) is 0. The molecule has 0 saturated carbocycles. The average molecular weight is 319 g/mol. The summed E-state index contributed by atoms with van der Waals surface area (Å²) >= 11 is 5.24. The fourth-order valence-corrected chi connectivity index (χ4v) is 2.99. The minimum atomic E-state index is -0.138. The molecule has 3 nitrogen and oxygen atoms in total. The van der Waals surface area contributed by atoms with Crippen molar-refractivity contribution in [3.8, 4) is 0 Å². The maximum atomic E-state index is 11.8. The molecule has 1 amide bonds. The Morgan fingerprint density at radius 1 is 1.65 bits per heavy atom. The first-order chi connectivity index (χ1) is 7.95. The standard InChI is InChI=1S/C12H19BrN2OS/c1-5-15(4)12(16)8(2)14-7-10-6-11(13)9(3)17-10/h6,8,14H,5,7H2,1-4H3. The smallest absolute Gasteiger partial charge is 0.239 e. The summed E-state index contributed by atoms with van der Waals surface area (Å²) in [6.45, 7) is 7.45. The molecule has 1 unspecified atom stereocenters. The zero-order chi connectivity index (χ0) is 13.0. The maximum Gasteiger partial charge on any atom is 0.239 e. The Morgan fingerprint density at radius 2 is 2.29 bits per heavy atom. The molecule has 1 aromatic heterocycles. The van der Waals surface area contributed by atoms with Gasteiger partial charge in [0.1, 0.15) is 0 Å². The van der Waals surface area contributed by atoms with Crippen molar-refractivity contribution in [1.82, 2.24) is 10.2 Å². The van der Waals surface area contributed by atoms with Gasteiger partial charge < -0.3 is 10.2 Å². The van der Waals surface area contributed by atoms with E-state index >= 15 is 0 Å². The van der Waals surface area contributed by atoms with Crippen LogP contribution < -0.4 is 5.32 Å². The molecule has 0 aliphatic rings. The van der Waals surface area contributed by atoms with Gasteiger partial charge in [0.25, 0.3) is 0 Å². The van der Waals surface area contributed by atoms with E-state index in [-0.39, 0.29) is 11.9 Å². The van der Waals surface area contributed by atoms with Crippen molar-refractivity contribution in [3.63, 3.8) is 0 Å². The third-order valence-corrected chi connectivity index (χ3v) is 4.85. The first-order valence-corrected chi connectivity index (χ1v) is 7.29. The van der Waals surface area contributed by atoms with Crippen molar-refractivity contribution in [1.29, 1.82) is 0 Å². The predicted molar refractivity (Wildman–Crippen MR) is 76.4 cm³/mol. The first-order valence-electron chi connectivity index (χ1n) is 5.68. The van der Waals surface area contributed by atoms with E-state index in [1.807, 2.05) is 20.9 Å². The summed E-state index contributed by atoms with van der Waals surface area (Å²) < 4.78 is 1.14. The molecule has 96 valence electrons. The molecule has 0 fully saturated rings. The van der Waals surface area contributed by atoms with Gasteiger partial charge in [0.05, 0.1) is 6.04 Å². The van der Waals surface area contributed by atoms with Crippen LogP contribution in [0.15, 0.2) is 10.5 Å². The van der Waals surface area contributed by atoms with E-state index in [4.69, 9.17) is 0 Å². The number of aryl methyl sites for hydroxylation is 1. The van der Waals surface area contributed by atoms with Crippen LogP contribution in [-0.4, -0.2) is 30.4 Å². The van der Waals surface area contributed by atoms with Crippen LogP contribution in [0.4, 0.5) is 0 Å². The Balaban J connectivity index is 2.48. The molecule has 1 rings (SSSR count). The number of nitrogens with zero attached hydrogens (tertiary/aromatic N) is 1. The number of hydrogen-bond acceptors (Lipinski definition) is 3. The highest BCUT2D eigenvalue weighted by Gasteiger charge is 2.15. The third kappa shape index (κ3) is 4.08. The molecule has 1 atom stereocenters. The lowest BCUT2D eigenvalue weighted by molar-refractivity contribution is -0.131. The Hall–Kier alpha value is -0.390. The van der Waals surface area contributed by atoms with Gasteiger partial charge in [0.2, 0.25) is 5.91 Å². The highest BCUT2D eigenvalue weighted by atomic mass is 79.9. The normalized spacial score (nSPS) is 12.5. The quantitative estimate of drug-likeness (QED) is 0.905. The van der Waals surface area contributed by atoms with Crippen LogP contribution in [0.2, 0.25) is 0 Å². The molecule has 17 heavy (non-hydrogen) atoms. The van der Waals surface area contributed by atoms with Gasteiger partial charge in [-0.2, -0.15) is 0 Å². The molecule has 0 aliphatic heterocycles. The van der Waals surface area contributed by atoms with Gasteiger partial charge in [-0.1, -0.05) is 0 Å². The fourth-order valence-electron chi connectivity index (χ4n) is 1.43. The molecular weight excluding hydrogens is 300 g/mol. The van der Waals surface area contributed by atoms with Crippen LogP contribution in [0.1, 0.15) is 23.6 Å². The number of carbonyl (C=O) groups is 1. The number of carbonyl (C=O) groups excluding carboxylic acids is 1. The zero-order valence-corrected chi connectivity index (χ0v) is 13.1. The van der Waals surface area contributed by atoms with Crippen LogP contribution in [-0.2, 0) is 11.3 Å². The van der Waals surface area contributed by atoms with Crippen molar-refractivity contribution in [2.24, 2.45) is 0 Å². The second kappa shape index (κ2) is 6.52. The largest absolute Gasteiger partial charge is 0.345 e. The molecule has 0 spiro atoms. The number of hydrogen-bond donors (Lipinski definition) is 1. The van der Waals surface area contributed by atoms with Crippen LogP contribution >= 0.6 is 27.3 Å². The van der Waals surface area contributed by atoms with Gasteiger partial charge in [-0.3, -0.25) is 4.79 Å². The zero-order valence-electron chi connectivity index (χ0n) is 10.7. The molecule has 0 saturated heterocycles. The molecule has 0 aromatic carbocycles. The fraction of sp³-hybridized carbons (Fsp3) is 0.583. The summed E-state index contributed by atoms with van der Waals surface area (Å²) in [5, 5.41) is 3.25. The number of nitrogens with one attached hydrogen (secondary N) is 1. The first kappa shape index (κ1) is 14.7. The van der Waals surface area contributed by atoms with E-state index in [1.54, 1.807) is 16.2 Å². The molecule has 0 radical (unpaired) electrons. The van der Waals surface area contributed by atoms with Crippen molar-refractivity contribution in [2.75, 3.05) is 13.6 Å². The average Bonchev–Trinajstić information content (AvgIpc) is 2.63. The monoisotopic (exact) mass is 318 g/mol.